The number of carbonyl (C=O) groups excluding carboxylic acids is 1. The van der Waals surface area contributed by atoms with E-state index in [9.17, 15) is 4.79 Å². The summed E-state index contributed by atoms with van der Waals surface area (Å²) in [6.07, 6.45) is 9.88. The van der Waals surface area contributed by atoms with Gasteiger partial charge < -0.3 is 5.32 Å². The molecule has 0 aliphatic heterocycles. The van der Waals surface area contributed by atoms with Crippen molar-refractivity contribution in [3.05, 3.63) is 72.1 Å². The van der Waals surface area contributed by atoms with E-state index in [4.69, 9.17) is 0 Å². The van der Waals surface area contributed by atoms with Crippen LogP contribution >= 0.6 is 0 Å². The SMILES string of the molecule is O=C(/C=C/c1cccnc1)NCCCCc1ccccc1. The molecule has 0 saturated carbocycles. The van der Waals surface area contributed by atoms with E-state index in [1.807, 2.05) is 18.2 Å². The second kappa shape index (κ2) is 8.69. The fourth-order valence-electron chi connectivity index (χ4n) is 2.02. The third kappa shape index (κ3) is 6.04. The zero-order valence-corrected chi connectivity index (χ0v) is 12.0. The van der Waals surface area contributed by atoms with E-state index < -0.39 is 0 Å². The van der Waals surface area contributed by atoms with Crippen LogP contribution in [0.15, 0.2) is 60.9 Å². The molecule has 3 nitrogen and oxygen atoms in total. The molecule has 1 N–H and O–H groups in total. The van der Waals surface area contributed by atoms with Gasteiger partial charge in [-0.15, -0.1) is 0 Å². The van der Waals surface area contributed by atoms with Crippen molar-refractivity contribution in [3.8, 4) is 0 Å². The van der Waals surface area contributed by atoms with Crippen molar-refractivity contribution >= 4 is 12.0 Å². The maximum Gasteiger partial charge on any atom is 0.243 e. The van der Waals surface area contributed by atoms with Crippen molar-refractivity contribution in [3.63, 3.8) is 0 Å². The van der Waals surface area contributed by atoms with Gasteiger partial charge >= 0.3 is 0 Å². The van der Waals surface area contributed by atoms with Crippen LogP contribution in [0.4, 0.5) is 0 Å². The van der Waals surface area contributed by atoms with Crippen LogP contribution in [-0.2, 0) is 11.2 Å². The quantitative estimate of drug-likeness (QED) is 0.625. The number of pyridine rings is 1. The number of aryl methyl sites for hydroxylation is 1. The maximum atomic E-state index is 11.6. The molecule has 0 fully saturated rings. The lowest BCUT2D eigenvalue weighted by Gasteiger charge is -2.03. The smallest absolute Gasteiger partial charge is 0.243 e. The number of nitrogens with one attached hydrogen (secondary N) is 1. The number of aromatic nitrogens is 1. The van der Waals surface area contributed by atoms with Crippen LogP contribution in [0.25, 0.3) is 6.08 Å². The largest absolute Gasteiger partial charge is 0.353 e. The first kappa shape index (κ1) is 15.0. The van der Waals surface area contributed by atoms with Crippen molar-refractivity contribution in [1.82, 2.24) is 10.3 Å². The molecule has 0 radical (unpaired) electrons. The van der Waals surface area contributed by atoms with Gasteiger partial charge in [0.2, 0.25) is 5.91 Å². The molecule has 0 atom stereocenters. The number of carbonyl (C=O) groups is 1. The highest BCUT2D eigenvalue weighted by molar-refractivity contribution is 5.91. The molecule has 1 amide bonds. The van der Waals surface area contributed by atoms with Gasteiger partial charge in [-0.2, -0.15) is 0 Å². The molecular formula is C18H20N2O. The predicted octanol–water partition coefficient (Wildman–Crippen LogP) is 3.23. The number of unbranched alkanes of at least 4 members (excludes halogenated alkanes) is 1. The molecule has 0 bridgehead atoms. The maximum absolute atomic E-state index is 11.6. The average molecular weight is 280 g/mol. The van der Waals surface area contributed by atoms with Crippen molar-refractivity contribution < 1.29 is 4.79 Å². The fourth-order valence-corrected chi connectivity index (χ4v) is 2.02. The summed E-state index contributed by atoms with van der Waals surface area (Å²) in [7, 11) is 0. The van der Waals surface area contributed by atoms with Crippen LogP contribution < -0.4 is 5.32 Å². The average Bonchev–Trinajstić information content (AvgIpc) is 2.54. The van der Waals surface area contributed by atoms with Crippen molar-refractivity contribution in [2.45, 2.75) is 19.3 Å². The molecule has 1 aromatic heterocycles. The normalized spacial score (nSPS) is 10.7. The van der Waals surface area contributed by atoms with Gasteiger partial charge in [-0.25, -0.2) is 0 Å². The lowest BCUT2D eigenvalue weighted by Crippen LogP contribution is -2.22. The molecule has 0 aliphatic rings. The fraction of sp³-hybridized carbons (Fsp3) is 0.222. The second-order valence-electron chi connectivity index (χ2n) is 4.85. The Morgan fingerprint density at radius 2 is 1.95 bits per heavy atom. The number of amides is 1. The van der Waals surface area contributed by atoms with Gasteiger partial charge in [0, 0.05) is 25.0 Å². The molecule has 1 heterocycles. The van der Waals surface area contributed by atoms with Gasteiger partial charge in [0.1, 0.15) is 0 Å². The van der Waals surface area contributed by atoms with Gasteiger partial charge in [-0.05, 0) is 42.5 Å². The summed E-state index contributed by atoms with van der Waals surface area (Å²) in [4.78, 5) is 15.6. The van der Waals surface area contributed by atoms with Crippen LogP contribution in [0.2, 0.25) is 0 Å². The minimum Gasteiger partial charge on any atom is -0.353 e. The third-order valence-electron chi connectivity index (χ3n) is 3.15. The van der Waals surface area contributed by atoms with Crippen LogP contribution in [-0.4, -0.2) is 17.4 Å². The molecule has 21 heavy (non-hydrogen) atoms. The van der Waals surface area contributed by atoms with Crippen LogP contribution in [0.5, 0.6) is 0 Å². The monoisotopic (exact) mass is 280 g/mol. The first-order valence-electron chi connectivity index (χ1n) is 7.24. The van der Waals surface area contributed by atoms with E-state index in [0.717, 1.165) is 24.8 Å². The molecule has 0 spiro atoms. The molecule has 108 valence electrons. The third-order valence-corrected chi connectivity index (χ3v) is 3.15. The zero-order valence-electron chi connectivity index (χ0n) is 12.0. The molecule has 0 unspecified atom stereocenters. The number of rotatable bonds is 7. The van der Waals surface area contributed by atoms with Crippen molar-refractivity contribution in [2.75, 3.05) is 6.54 Å². The highest BCUT2D eigenvalue weighted by atomic mass is 16.1. The Morgan fingerprint density at radius 3 is 2.71 bits per heavy atom. The van der Waals surface area contributed by atoms with Crippen molar-refractivity contribution in [1.29, 1.82) is 0 Å². The summed E-state index contributed by atoms with van der Waals surface area (Å²) >= 11 is 0. The highest BCUT2D eigenvalue weighted by Gasteiger charge is 1.96. The zero-order chi connectivity index (χ0) is 14.8. The molecule has 1 aromatic carbocycles. The Labute approximate surface area is 125 Å². The second-order valence-corrected chi connectivity index (χ2v) is 4.85. The Morgan fingerprint density at radius 1 is 1.10 bits per heavy atom. The molecular weight excluding hydrogens is 260 g/mol. The van der Waals surface area contributed by atoms with E-state index in [0.29, 0.717) is 6.54 Å². The number of nitrogens with zero attached hydrogens (tertiary/aromatic N) is 1. The standard InChI is InChI=1S/C18H20N2O/c21-18(12-11-17-10-6-13-19-15-17)20-14-5-4-9-16-7-2-1-3-8-16/h1-3,6-8,10-13,15H,4-5,9,14H2,(H,20,21)/b12-11+. The molecule has 2 aromatic rings. The number of hydrogen-bond acceptors (Lipinski definition) is 2. The van der Waals surface area contributed by atoms with Crippen LogP contribution in [0.3, 0.4) is 0 Å². The van der Waals surface area contributed by atoms with Gasteiger partial charge in [0.15, 0.2) is 0 Å². The molecule has 3 heteroatoms. The van der Waals surface area contributed by atoms with E-state index in [2.05, 4.69) is 34.6 Å². The van der Waals surface area contributed by atoms with E-state index >= 15 is 0 Å². The summed E-state index contributed by atoms with van der Waals surface area (Å²) < 4.78 is 0. The van der Waals surface area contributed by atoms with Gasteiger partial charge in [0.25, 0.3) is 0 Å². The topological polar surface area (TPSA) is 42.0 Å². The van der Waals surface area contributed by atoms with E-state index in [1.54, 1.807) is 24.5 Å². The molecule has 0 aliphatic carbocycles. The Bertz CT molecular complexity index is 564. The Hall–Kier alpha value is -2.42. The predicted molar refractivity (Wildman–Crippen MR) is 85.7 cm³/mol. The van der Waals surface area contributed by atoms with Crippen LogP contribution in [0.1, 0.15) is 24.0 Å². The van der Waals surface area contributed by atoms with Crippen molar-refractivity contribution in [2.24, 2.45) is 0 Å². The van der Waals surface area contributed by atoms with Gasteiger partial charge in [-0.1, -0.05) is 36.4 Å². The lowest BCUT2D eigenvalue weighted by atomic mass is 10.1. The van der Waals surface area contributed by atoms with Gasteiger partial charge in [-0.3, -0.25) is 9.78 Å². The molecule has 2 rings (SSSR count). The van der Waals surface area contributed by atoms with Gasteiger partial charge in [0.05, 0.1) is 0 Å². The Balaban J connectivity index is 1.60. The summed E-state index contributed by atoms with van der Waals surface area (Å²) in [5, 5.41) is 2.89. The first-order valence-corrected chi connectivity index (χ1v) is 7.24. The number of hydrogen-bond donors (Lipinski definition) is 1. The van der Waals surface area contributed by atoms with Crippen LogP contribution in [0, 0.1) is 0 Å². The number of benzene rings is 1. The van der Waals surface area contributed by atoms with E-state index in [1.165, 1.54) is 5.56 Å². The lowest BCUT2D eigenvalue weighted by molar-refractivity contribution is -0.116. The summed E-state index contributed by atoms with van der Waals surface area (Å²) in [5.74, 6) is -0.0569. The highest BCUT2D eigenvalue weighted by Crippen LogP contribution is 2.03. The Kier molecular flexibility index (Phi) is 6.20. The first-order chi connectivity index (χ1) is 10.3. The summed E-state index contributed by atoms with van der Waals surface area (Å²) in [5.41, 5.74) is 2.28. The van der Waals surface area contributed by atoms with E-state index in [-0.39, 0.29) is 5.91 Å². The molecule has 0 saturated heterocycles. The summed E-state index contributed by atoms with van der Waals surface area (Å²) in [6, 6.07) is 14.2. The summed E-state index contributed by atoms with van der Waals surface area (Å²) in [6.45, 7) is 0.711. The minimum absolute atomic E-state index is 0.0569. The minimum atomic E-state index is -0.0569.